The van der Waals surface area contributed by atoms with Gasteiger partial charge in [0.2, 0.25) is 0 Å². The minimum Gasteiger partial charge on any atom is -0.331 e. The van der Waals surface area contributed by atoms with Crippen LogP contribution in [0, 0.1) is 6.92 Å². The molecule has 0 unspecified atom stereocenters. The van der Waals surface area contributed by atoms with Crippen molar-refractivity contribution < 1.29 is 0 Å². The third kappa shape index (κ3) is 3.05. The average molecular weight is 277 g/mol. The number of hydrogen-bond acceptors (Lipinski definition) is 2. The molecule has 0 spiro atoms. The van der Waals surface area contributed by atoms with Crippen LogP contribution in [0.5, 0.6) is 0 Å². The van der Waals surface area contributed by atoms with Crippen LogP contribution in [0.1, 0.15) is 12.6 Å². The van der Waals surface area contributed by atoms with Crippen LogP contribution in [0.3, 0.4) is 0 Å². The van der Waals surface area contributed by atoms with Crippen molar-refractivity contribution in [1.82, 2.24) is 4.57 Å². The van der Waals surface area contributed by atoms with Gasteiger partial charge in [-0.05, 0) is 38.2 Å². The Hall–Kier alpha value is -1.46. The first-order chi connectivity index (χ1) is 8.70. The first-order valence-corrected chi connectivity index (χ1v) is 7.05. The summed E-state index contributed by atoms with van der Waals surface area (Å²) in [6.07, 6.45) is 0. The topological polar surface area (TPSA) is 29.3 Å². The van der Waals surface area contributed by atoms with E-state index in [4.69, 9.17) is 12.2 Å². The van der Waals surface area contributed by atoms with E-state index in [-0.39, 0.29) is 0 Å². The van der Waals surface area contributed by atoms with Gasteiger partial charge in [-0.25, -0.2) is 0 Å². The van der Waals surface area contributed by atoms with Gasteiger partial charge in [-0.1, -0.05) is 18.2 Å². The lowest BCUT2D eigenvalue weighted by atomic mass is 10.3. The van der Waals surface area contributed by atoms with Crippen LogP contribution in [-0.2, 0) is 6.54 Å². The Morgan fingerprint density at radius 1 is 1.39 bits per heavy atom. The second kappa shape index (κ2) is 5.93. The Morgan fingerprint density at radius 3 is 2.78 bits per heavy atom. The molecule has 0 saturated heterocycles. The molecular weight excluding hydrogens is 262 g/mol. The summed E-state index contributed by atoms with van der Waals surface area (Å²) in [7, 11) is 0. The molecule has 5 heteroatoms. The van der Waals surface area contributed by atoms with E-state index in [0.717, 1.165) is 17.0 Å². The molecule has 1 aromatic heterocycles. The van der Waals surface area contributed by atoms with Gasteiger partial charge in [-0.15, -0.1) is 11.3 Å². The number of rotatable bonds is 2. The third-order valence-corrected chi connectivity index (χ3v) is 3.70. The number of aromatic nitrogens is 1. The summed E-state index contributed by atoms with van der Waals surface area (Å²) >= 11 is 6.86. The lowest BCUT2D eigenvalue weighted by Crippen LogP contribution is -2.19. The third-order valence-electron chi connectivity index (χ3n) is 2.53. The monoisotopic (exact) mass is 277 g/mol. The number of benzene rings is 1. The van der Waals surface area contributed by atoms with Crippen LogP contribution in [0.25, 0.3) is 0 Å². The van der Waals surface area contributed by atoms with Crippen LogP contribution < -0.4 is 10.1 Å². The maximum atomic E-state index is 5.25. The number of thiocarbonyl (C=S) groups is 1. The van der Waals surface area contributed by atoms with Crippen molar-refractivity contribution in [1.29, 1.82) is 0 Å². The van der Waals surface area contributed by atoms with Gasteiger partial charge < -0.3 is 9.88 Å². The van der Waals surface area contributed by atoms with E-state index in [1.54, 1.807) is 11.3 Å². The molecular formula is C13H15N3S2. The minimum absolute atomic E-state index is 0.491. The van der Waals surface area contributed by atoms with Crippen molar-refractivity contribution >= 4 is 34.4 Å². The Balaban J connectivity index is 2.20. The summed E-state index contributed by atoms with van der Waals surface area (Å²) in [6.45, 7) is 5.08. The molecule has 0 fully saturated rings. The fraction of sp³-hybridized carbons (Fsp3) is 0.231. The molecule has 1 heterocycles. The number of anilines is 1. The highest BCUT2D eigenvalue weighted by Crippen LogP contribution is 2.05. The van der Waals surface area contributed by atoms with Gasteiger partial charge in [-0.3, -0.25) is 0 Å². The zero-order valence-corrected chi connectivity index (χ0v) is 12.0. The highest BCUT2D eigenvalue weighted by Gasteiger charge is 2.00. The van der Waals surface area contributed by atoms with Crippen molar-refractivity contribution in [3.8, 4) is 0 Å². The highest BCUT2D eigenvalue weighted by molar-refractivity contribution is 7.80. The molecule has 0 amide bonds. The maximum absolute atomic E-state index is 5.25. The number of thiazole rings is 1. The minimum atomic E-state index is 0.491. The van der Waals surface area contributed by atoms with Gasteiger partial charge in [0.1, 0.15) is 0 Å². The van der Waals surface area contributed by atoms with Crippen molar-refractivity contribution in [3.63, 3.8) is 0 Å². The van der Waals surface area contributed by atoms with E-state index >= 15 is 0 Å². The summed E-state index contributed by atoms with van der Waals surface area (Å²) in [6, 6.07) is 9.84. The molecule has 94 valence electrons. The zero-order chi connectivity index (χ0) is 13.0. The van der Waals surface area contributed by atoms with Gasteiger partial charge in [-0.2, -0.15) is 4.99 Å². The number of hydrogen-bond donors (Lipinski definition) is 1. The first-order valence-electron chi connectivity index (χ1n) is 5.76. The van der Waals surface area contributed by atoms with Crippen LogP contribution >= 0.6 is 23.6 Å². The van der Waals surface area contributed by atoms with E-state index in [0.29, 0.717) is 5.11 Å². The molecule has 0 saturated carbocycles. The smallest absolute Gasteiger partial charge is 0.199 e. The SMILES string of the molecule is CCn1c(C)csc1=NC(=S)Nc1ccccc1. The molecule has 0 aliphatic heterocycles. The van der Waals surface area contributed by atoms with Crippen LogP contribution in [0.2, 0.25) is 0 Å². The molecule has 0 radical (unpaired) electrons. The Labute approximate surface area is 116 Å². The summed E-state index contributed by atoms with van der Waals surface area (Å²) in [4.78, 5) is 5.38. The number of aryl methyl sites for hydroxylation is 1. The molecule has 2 rings (SSSR count). The molecule has 3 nitrogen and oxygen atoms in total. The van der Waals surface area contributed by atoms with Crippen molar-refractivity contribution in [3.05, 3.63) is 46.2 Å². The van der Waals surface area contributed by atoms with Crippen molar-refractivity contribution in [2.24, 2.45) is 4.99 Å². The highest BCUT2D eigenvalue weighted by atomic mass is 32.1. The summed E-state index contributed by atoms with van der Waals surface area (Å²) in [5.41, 5.74) is 2.17. The molecule has 0 aliphatic carbocycles. The van der Waals surface area contributed by atoms with E-state index in [1.165, 1.54) is 5.69 Å². The average Bonchev–Trinajstić information content (AvgIpc) is 2.71. The fourth-order valence-corrected chi connectivity index (χ4v) is 2.86. The molecule has 1 N–H and O–H groups in total. The van der Waals surface area contributed by atoms with Gasteiger partial charge in [0.05, 0.1) is 0 Å². The molecule has 18 heavy (non-hydrogen) atoms. The second-order valence-electron chi connectivity index (χ2n) is 3.81. The molecule has 0 bridgehead atoms. The summed E-state index contributed by atoms with van der Waals surface area (Å²) in [5, 5.41) is 5.69. The summed E-state index contributed by atoms with van der Waals surface area (Å²) in [5.74, 6) is 0. The molecule has 0 atom stereocenters. The summed E-state index contributed by atoms with van der Waals surface area (Å²) < 4.78 is 2.14. The Bertz CT molecular complexity index is 596. The molecule has 1 aromatic carbocycles. The fourth-order valence-electron chi connectivity index (χ4n) is 1.65. The Morgan fingerprint density at radius 2 is 2.11 bits per heavy atom. The first kappa shape index (κ1) is 13.0. The predicted octanol–water partition coefficient (Wildman–Crippen LogP) is 3.18. The van der Waals surface area contributed by atoms with Crippen molar-refractivity contribution in [2.45, 2.75) is 20.4 Å². The Kier molecular flexibility index (Phi) is 4.28. The molecule has 2 aromatic rings. The standard InChI is InChI=1S/C13H15N3S2/c1-3-16-10(2)9-18-13(16)15-12(17)14-11-7-5-4-6-8-11/h4-9H,3H2,1-2H3,(H,14,17). The lowest BCUT2D eigenvalue weighted by molar-refractivity contribution is 0.714. The second-order valence-corrected chi connectivity index (χ2v) is 5.04. The van der Waals surface area contributed by atoms with Crippen molar-refractivity contribution in [2.75, 3.05) is 5.32 Å². The van der Waals surface area contributed by atoms with E-state index in [2.05, 4.69) is 34.1 Å². The number of para-hydroxylation sites is 1. The number of nitrogens with zero attached hydrogens (tertiary/aromatic N) is 2. The van der Waals surface area contributed by atoms with Gasteiger partial charge in [0, 0.05) is 23.3 Å². The largest absolute Gasteiger partial charge is 0.331 e. The molecule has 0 aliphatic rings. The van der Waals surface area contributed by atoms with E-state index < -0.39 is 0 Å². The van der Waals surface area contributed by atoms with Crippen LogP contribution in [-0.4, -0.2) is 9.68 Å². The number of nitrogens with one attached hydrogen (secondary N) is 1. The predicted molar refractivity (Wildman–Crippen MR) is 80.9 cm³/mol. The van der Waals surface area contributed by atoms with Gasteiger partial charge in [0.25, 0.3) is 0 Å². The van der Waals surface area contributed by atoms with Crippen LogP contribution in [0.4, 0.5) is 5.69 Å². The van der Waals surface area contributed by atoms with Gasteiger partial charge in [0.15, 0.2) is 9.91 Å². The van der Waals surface area contributed by atoms with Gasteiger partial charge >= 0.3 is 0 Å². The van der Waals surface area contributed by atoms with E-state index in [1.807, 2.05) is 30.3 Å². The van der Waals surface area contributed by atoms with E-state index in [9.17, 15) is 0 Å². The zero-order valence-electron chi connectivity index (χ0n) is 10.4. The lowest BCUT2D eigenvalue weighted by Gasteiger charge is -2.03. The maximum Gasteiger partial charge on any atom is 0.199 e. The van der Waals surface area contributed by atoms with Crippen LogP contribution in [0.15, 0.2) is 40.7 Å². The quantitative estimate of drug-likeness (QED) is 0.854. The normalized spacial score (nSPS) is 11.6.